The summed E-state index contributed by atoms with van der Waals surface area (Å²) >= 11 is 0. The Morgan fingerprint density at radius 2 is 2.38 bits per heavy atom. The number of rotatable bonds is 0. The number of hydrogen-bond donors (Lipinski definition) is 1. The molecule has 2 aromatic heterocycles. The van der Waals surface area contributed by atoms with Gasteiger partial charge >= 0.3 is 0 Å². The Hall–Kier alpha value is -1.51. The minimum atomic E-state index is 1.09. The summed E-state index contributed by atoms with van der Waals surface area (Å²) in [4.78, 5) is 0. The lowest BCUT2D eigenvalue weighted by Gasteiger charge is -2.18. The van der Waals surface area contributed by atoms with Crippen molar-refractivity contribution in [2.75, 3.05) is 11.9 Å². The minimum absolute atomic E-state index is 1.09. The van der Waals surface area contributed by atoms with E-state index in [4.69, 9.17) is 0 Å². The van der Waals surface area contributed by atoms with Crippen molar-refractivity contribution in [3.8, 4) is 0 Å². The van der Waals surface area contributed by atoms with Gasteiger partial charge in [-0.25, -0.2) is 4.52 Å². The van der Waals surface area contributed by atoms with Gasteiger partial charge in [0.1, 0.15) is 0 Å². The first-order valence-electron chi connectivity index (χ1n) is 4.64. The number of pyridine rings is 1. The van der Waals surface area contributed by atoms with Crippen LogP contribution in [0.25, 0.3) is 5.52 Å². The quantitative estimate of drug-likeness (QED) is 0.657. The van der Waals surface area contributed by atoms with Gasteiger partial charge in [0.15, 0.2) is 0 Å². The first-order valence-corrected chi connectivity index (χ1v) is 4.64. The van der Waals surface area contributed by atoms with Gasteiger partial charge in [-0.1, -0.05) is 0 Å². The molecule has 0 spiro atoms. The Morgan fingerprint density at radius 1 is 1.38 bits per heavy atom. The molecule has 0 atom stereocenters. The number of aromatic nitrogens is 2. The van der Waals surface area contributed by atoms with Gasteiger partial charge in [0.05, 0.1) is 5.52 Å². The summed E-state index contributed by atoms with van der Waals surface area (Å²) in [6, 6.07) is 4.18. The maximum atomic E-state index is 4.22. The molecule has 0 amide bonds. The van der Waals surface area contributed by atoms with Crippen molar-refractivity contribution in [2.45, 2.75) is 12.8 Å². The van der Waals surface area contributed by atoms with Crippen molar-refractivity contribution in [3.63, 3.8) is 0 Å². The van der Waals surface area contributed by atoms with Crippen LogP contribution in [0, 0.1) is 0 Å². The lowest BCUT2D eigenvalue weighted by Crippen LogP contribution is -2.12. The van der Waals surface area contributed by atoms with Crippen molar-refractivity contribution in [1.29, 1.82) is 0 Å². The molecule has 3 nitrogen and oxygen atoms in total. The number of hydrogen-bond acceptors (Lipinski definition) is 2. The van der Waals surface area contributed by atoms with Gasteiger partial charge in [-0.15, -0.1) is 0 Å². The molecule has 3 heterocycles. The van der Waals surface area contributed by atoms with Crippen LogP contribution < -0.4 is 5.32 Å². The fourth-order valence-corrected chi connectivity index (χ4v) is 1.97. The molecule has 0 aliphatic carbocycles. The second-order valence-corrected chi connectivity index (χ2v) is 3.40. The van der Waals surface area contributed by atoms with Crippen molar-refractivity contribution in [2.24, 2.45) is 0 Å². The molecule has 1 aliphatic heterocycles. The summed E-state index contributed by atoms with van der Waals surface area (Å²) in [5, 5.41) is 7.62. The zero-order chi connectivity index (χ0) is 8.67. The number of fused-ring (bicyclic) bond motifs is 3. The molecule has 0 saturated heterocycles. The van der Waals surface area contributed by atoms with Gasteiger partial charge in [-0.05, 0) is 25.0 Å². The highest BCUT2D eigenvalue weighted by atomic mass is 15.2. The molecule has 0 fully saturated rings. The van der Waals surface area contributed by atoms with Crippen LogP contribution in [0.3, 0.4) is 0 Å². The summed E-state index contributed by atoms with van der Waals surface area (Å²) in [6.45, 7) is 1.09. The van der Waals surface area contributed by atoms with Gasteiger partial charge in [-0.3, -0.25) is 0 Å². The van der Waals surface area contributed by atoms with E-state index in [1.165, 1.54) is 29.6 Å². The molecule has 0 radical (unpaired) electrons. The predicted octanol–water partition coefficient (Wildman–Crippen LogP) is 1.69. The van der Waals surface area contributed by atoms with E-state index in [0.29, 0.717) is 0 Å². The van der Waals surface area contributed by atoms with Crippen LogP contribution in [0.4, 0.5) is 5.69 Å². The largest absolute Gasteiger partial charge is 0.385 e. The second-order valence-electron chi connectivity index (χ2n) is 3.40. The lowest BCUT2D eigenvalue weighted by atomic mass is 10.0. The molecule has 0 saturated carbocycles. The molecular formula is C10H11N3. The van der Waals surface area contributed by atoms with Crippen molar-refractivity contribution < 1.29 is 0 Å². The summed E-state index contributed by atoms with van der Waals surface area (Å²) < 4.78 is 1.94. The number of nitrogens with zero attached hydrogens (tertiary/aromatic N) is 2. The molecule has 3 rings (SSSR count). The van der Waals surface area contributed by atoms with Crippen LogP contribution in [0.5, 0.6) is 0 Å². The smallest absolute Gasteiger partial charge is 0.0714 e. The Labute approximate surface area is 76.4 Å². The van der Waals surface area contributed by atoms with Gasteiger partial charge in [0, 0.05) is 30.2 Å². The number of anilines is 1. The van der Waals surface area contributed by atoms with E-state index < -0.39 is 0 Å². The highest BCUT2D eigenvalue weighted by Crippen LogP contribution is 2.25. The summed E-state index contributed by atoms with van der Waals surface area (Å²) in [6.07, 6.45) is 6.24. The van der Waals surface area contributed by atoms with E-state index in [1.54, 1.807) is 0 Å². The van der Waals surface area contributed by atoms with Gasteiger partial charge < -0.3 is 5.32 Å². The Morgan fingerprint density at radius 3 is 3.38 bits per heavy atom. The zero-order valence-corrected chi connectivity index (χ0v) is 7.33. The normalized spacial score (nSPS) is 15.4. The first-order chi connectivity index (χ1) is 6.45. The third kappa shape index (κ3) is 0.932. The second kappa shape index (κ2) is 2.49. The van der Waals surface area contributed by atoms with E-state index in [-0.39, 0.29) is 0 Å². The fourth-order valence-electron chi connectivity index (χ4n) is 1.97. The third-order valence-electron chi connectivity index (χ3n) is 2.61. The van der Waals surface area contributed by atoms with Gasteiger partial charge in [0.25, 0.3) is 0 Å². The number of nitrogens with one attached hydrogen (secondary N) is 1. The maximum Gasteiger partial charge on any atom is 0.0714 e. The molecule has 0 unspecified atom stereocenters. The fraction of sp³-hybridized carbons (Fsp3) is 0.300. The van der Waals surface area contributed by atoms with Crippen LogP contribution in [-0.2, 0) is 6.42 Å². The lowest BCUT2D eigenvalue weighted by molar-refractivity contribution is 0.823. The van der Waals surface area contributed by atoms with E-state index in [2.05, 4.69) is 22.5 Å². The zero-order valence-electron chi connectivity index (χ0n) is 7.33. The molecule has 1 aliphatic rings. The highest BCUT2D eigenvalue weighted by Gasteiger charge is 2.11. The Balaban J connectivity index is 2.34. The van der Waals surface area contributed by atoms with Crippen molar-refractivity contribution in [1.82, 2.24) is 9.61 Å². The summed E-state index contributed by atoms with van der Waals surface area (Å²) in [7, 11) is 0. The molecule has 0 bridgehead atoms. The van der Waals surface area contributed by atoms with Crippen LogP contribution in [0.2, 0.25) is 0 Å². The Bertz CT molecular complexity index is 444. The highest BCUT2D eigenvalue weighted by molar-refractivity contribution is 5.68. The summed E-state index contributed by atoms with van der Waals surface area (Å²) in [5.41, 5.74) is 3.93. The molecule has 3 heteroatoms. The van der Waals surface area contributed by atoms with E-state index in [0.717, 1.165) is 6.54 Å². The monoisotopic (exact) mass is 173 g/mol. The Kier molecular flexibility index (Phi) is 1.33. The van der Waals surface area contributed by atoms with E-state index in [9.17, 15) is 0 Å². The minimum Gasteiger partial charge on any atom is -0.385 e. The van der Waals surface area contributed by atoms with Crippen LogP contribution in [0.1, 0.15) is 12.0 Å². The van der Waals surface area contributed by atoms with Gasteiger partial charge in [-0.2, -0.15) is 5.10 Å². The summed E-state index contributed by atoms with van der Waals surface area (Å²) in [5.74, 6) is 0. The van der Waals surface area contributed by atoms with E-state index in [1.807, 2.05) is 16.9 Å². The molecule has 0 aromatic carbocycles. The molecule has 66 valence electrons. The molecule has 2 aromatic rings. The number of aryl methyl sites for hydroxylation is 1. The van der Waals surface area contributed by atoms with Crippen LogP contribution in [-0.4, -0.2) is 16.2 Å². The van der Waals surface area contributed by atoms with Crippen LogP contribution >= 0.6 is 0 Å². The SMILES string of the molecule is c1cc2c3c(ccn2n1)NCCC3. The standard InChI is InChI=1S/C10H11N3/c1-2-8-9(11-5-1)4-7-13-10(8)3-6-12-13/h3-4,6-7,11H,1-2,5H2. The average molecular weight is 173 g/mol. The van der Waals surface area contributed by atoms with Crippen LogP contribution in [0.15, 0.2) is 24.5 Å². The third-order valence-corrected chi connectivity index (χ3v) is 2.61. The predicted molar refractivity (Wildman–Crippen MR) is 52.0 cm³/mol. The van der Waals surface area contributed by atoms with Gasteiger partial charge in [0.2, 0.25) is 0 Å². The van der Waals surface area contributed by atoms with E-state index >= 15 is 0 Å². The van der Waals surface area contributed by atoms with Crippen molar-refractivity contribution >= 4 is 11.2 Å². The molecular weight excluding hydrogens is 162 g/mol. The molecule has 13 heavy (non-hydrogen) atoms. The average Bonchev–Trinajstić information content (AvgIpc) is 2.65. The molecule has 1 N–H and O–H groups in total. The first kappa shape index (κ1) is 6.95. The topological polar surface area (TPSA) is 29.3 Å². The van der Waals surface area contributed by atoms with Crippen molar-refractivity contribution in [3.05, 3.63) is 30.1 Å². The maximum absolute atomic E-state index is 4.22.